The summed E-state index contributed by atoms with van der Waals surface area (Å²) >= 11 is 3.52. The largest absolute Gasteiger partial charge is 0.435 e. The molecule has 0 aliphatic heterocycles. The third-order valence-corrected chi connectivity index (χ3v) is 5.27. The number of carbonyl (C=O) groups is 1. The Morgan fingerprint density at radius 2 is 1.92 bits per heavy atom. The fourth-order valence-electron chi connectivity index (χ4n) is 2.02. The first-order valence-corrected chi connectivity index (χ1v) is 9.82. The van der Waals surface area contributed by atoms with Gasteiger partial charge < -0.3 is 15.4 Å². The van der Waals surface area contributed by atoms with Crippen LogP contribution in [0.4, 0.5) is 13.6 Å². The van der Waals surface area contributed by atoms with E-state index in [4.69, 9.17) is 0 Å². The van der Waals surface area contributed by atoms with E-state index in [0.29, 0.717) is 19.5 Å². The summed E-state index contributed by atoms with van der Waals surface area (Å²) in [5, 5.41) is 7.64. The van der Waals surface area contributed by atoms with E-state index in [1.807, 2.05) is 6.07 Å². The Morgan fingerprint density at radius 1 is 1.16 bits per heavy atom. The minimum atomic E-state index is -2.82. The molecule has 0 spiro atoms. The molecule has 2 N–H and O–H groups in total. The fourth-order valence-corrected chi connectivity index (χ4v) is 3.72. The highest BCUT2D eigenvalue weighted by atomic mass is 32.2. The molecule has 25 heavy (non-hydrogen) atoms. The first kappa shape index (κ1) is 19.5. The molecule has 2 rings (SSSR count). The molecule has 4 nitrogen and oxygen atoms in total. The van der Waals surface area contributed by atoms with Crippen molar-refractivity contribution in [1.82, 2.24) is 10.6 Å². The maximum atomic E-state index is 12.1. The summed E-state index contributed by atoms with van der Waals surface area (Å²) in [5.41, 5.74) is 0.938. The molecule has 1 aromatic heterocycles. The summed E-state index contributed by atoms with van der Waals surface area (Å²) in [7, 11) is 0. The number of alkyl halides is 2. The lowest BCUT2D eigenvalue weighted by Crippen LogP contribution is -2.37. The minimum absolute atomic E-state index is 0.129. The van der Waals surface area contributed by atoms with Gasteiger partial charge in [-0.1, -0.05) is 18.2 Å². The fraction of sp³-hybridized carbons (Fsp3) is 0.353. The third kappa shape index (κ3) is 8.22. The molecule has 0 saturated heterocycles. The average molecular weight is 386 g/mol. The SMILES string of the molecule is O=C(NCCSCc1cccs1)NCCc1ccc(OC(F)F)cc1. The zero-order valence-electron chi connectivity index (χ0n) is 13.5. The topological polar surface area (TPSA) is 50.4 Å². The Bertz CT molecular complexity index is 622. The number of thioether (sulfide) groups is 1. The summed E-state index contributed by atoms with van der Waals surface area (Å²) in [6, 6.07) is 10.3. The van der Waals surface area contributed by atoms with Crippen LogP contribution >= 0.6 is 23.1 Å². The molecule has 0 aliphatic carbocycles. The second kappa shape index (κ2) is 10.9. The summed E-state index contributed by atoms with van der Waals surface area (Å²) < 4.78 is 28.4. The maximum Gasteiger partial charge on any atom is 0.387 e. The Morgan fingerprint density at radius 3 is 2.60 bits per heavy atom. The van der Waals surface area contributed by atoms with Crippen molar-refractivity contribution in [1.29, 1.82) is 0 Å². The van der Waals surface area contributed by atoms with Gasteiger partial charge in [0.05, 0.1) is 0 Å². The van der Waals surface area contributed by atoms with Gasteiger partial charge in [-0.05, 0) is 35.6 Å². The maximum absolute atomic E-state index is 12.1. The van der Waals surface area contributed by atoms with Crippen molar-refractivity contribution >= 4 is 29.1 Å². The van der Waals surface area contributed by atoms with E-state index >= 15 is 0 Å². The van der Waals surface area contributed by atoms with Gasteiger partial charge in [0, 0.05) is 29.5 Å². The van der Waals surface area contributed by atoms with E-state index in [2.05, 4.69) is 26.8 Å². The van der Waals surface area contributed by atoms with Crippen LogP contribution in [-0.2, 0) is 12.2 Å². The number of hydrogen-bond donors (Lipinski definition) is 2. The van der Waals surface area contributed by atoms with E-state index in [1.165, 1.54) is 17.0 Å². The van der Waals surface area contributed by atoms with Gasteiger partial charge in [0.1, 0.15) is 5.75 Å². The molecule has 0 fully saturated rings. The number of carbonyl (C=O) groups excluding carboxylic acids is 1. The van der Waals surface area contributed by atoms with E-state index in [-0.39, 0.29) is 11.8 Å². The van der Waals surface area contributed by atoms with Crippen molar-refractivity contribution < 1.29 is 18.3 Å². The van der Waals surface area contributed by atoms with Gasteiger partial charge in [0.2, 0.25) is 0 Å². The number of hydrogen-bond acceptors (Lipinski definition) is 4. The first-order chi connectivity index (χ1) is 12.1. The van der Waals surface area contributed by atoms with Crippen molar-refractivity contribution in [2.24, 2.45) is 0 Å². The number of benzene rings is 1. The Hall–Kier alpha value is -1.80. The number of halogens is 2. The van der Waals surface area contributed by atoms with E-state index in [9.17, 15) is 13.6 Å². The summed E-state index contributed by atoms with van der Waals surface area (Å²) in [4.78, 5) is 13.0. The predicted octanol–water partition coefficient (Wildman–Crippen LogP) is 4.12. The number of ether oxygens (including phenoxy) is 1. The van der Waals surface area contributed by atoms with Crippen LogP contribution < -0.4 is 15.4 Å². The molecule has 0 aliphatic rings. The molecule has 0 atom stereocenters. The standard InChI is InChI=1S/C17H20F2N2O2S2/c18-16(19)23-14-5-3-13(4-6-14)7-8-20-17(22)21-9-11-24-12-15-2-1-10-25-15/h1-6,10,16H,7-9,11-12H2,(H2,20,21,22). The molecule has 1 aromatic carbocycles. The highest BCUT2D eigenvalue weighted by Gasteiger charge is 2.04. The number of urea groups is 1. The van der Waals surface area contributed by atoms with Crippen LogP contribution in [0, 0.1) is 0 Å². The lowest BCUT2D eigenvalue weighted by Gasteiger charge is -2.08. The van der Waals surface area contributed by atoms with Crippen molar-refractivity contribution in [2.45, 2.75) is 18.8 Å². The van der Waals surface area contributed by atoms with Crippen LogP contribution in [0.1, 0.15) is 10.4 Å². The molecule has 0 bridgehead atoms. The predicted molar refractivity (Wildman–Crippen MR) is 98.7 cm³/mol. The van der Waals surface area contributed by atoms with Gasteiger partial charge in [0.25, 0.3) is 0 Å². The van der Waals surface area contributed by atoms with Gasteiger partial charge in [-0.3, -0.25) is 0 Å². The summed E-state index contributed by atoms with van der Waals surface area (Å²) in [5.74, 6) is 1.95. The molecule has 0 radical (unpaired) electrons. The van der Waals surface area contributed by atoms with Crippen LogP contribution in [0.2, 0.25) is 0 Å². The molecule has 1 heterocycles. The van der Waals surface area contributed by atoms with Crippen molar-refractivity contribution in [3.8, 4) is 5.75 Å². The smallest absolute Gasteiger partial charge is 0.387 e. The summed E-state index contributed by atoms with van der Waals surface area (Å²) in [6.45, 7) is -1.73. The zero-order valence-corrected chi connectivity index (χ0v) is 15.2. The van der Waals surface area contributed by atoms with Crippen LogP contribution in [0.5, 0.6) is 5.75 Å². The van der Waals surface area contributed by atoms with Crippen molar-refractivity contribution in [2.75, 3.05) is 18.8 Å². The van der Waals surface area contributed by atoms with Gasteiger partial charge in [-0.2, -0.15) is 20.5 Å². The molecule has 8 heteroatoms. The Labute approximate surface area is 154 Å². The second-order valence-electron chi connectivity index (χ2n) is 5.09. The van der Waals surface area contributed by atoms with Gasteiger partial charge in [0.15, 0.2) is 0 Å². The zero-order chi connectivity index (χ0) is 17.9. The molecular weight excluding hydrogens is 366 g/mol. The molecule has 0 saturated carbocycles. The molecular formula is C17H20F2N2O2S2. The van der Waals surface area contributed by atoms with E-state index in [1.54, 1.807) is 35.2 Å². The second-order valence-corrected chi connectivity index (χ2v) is 7.22. The van der Waals surface area contributed by atoms with Gasteiger partial charge in [-0.15, -0.1) is 11.3 Å². The molecule has 2 amide bonds. The normalized spacial score (nSPS) is 10.7. The Kier molecular flexibility index (Phi) is 8.54. The van der Waals surface area contributed by atoms with Crippen molar-refractivity contribution in [3.63, 3.8) is 0 Å². The lowest BCUT2D eigenvalue weighted by molar-refractivity contribution is -0.0498. The van der Waals surface area contributed by atoms with E-state index in [0.717, 1.165) is 17.1 Å². The highest BCUT2D eigenvalue weighted by molar-refractivity contribution is 7.98. The molecule has 0 unspecified atom stereocenters. The van der Waals surface area contributed by atoms with E-state index < -0.39 is 6.61 Å². The third-order valence-electron chi connectivity index (χ3n) is 3.20. The monoisotopic (exact) mass is 386 g/mol. The average Bonchev–Trinajstić information content (AvgIpc) is 3.09. The number of rotatable bonds is 10. The minimum Gasteiger partial charge on any atom is -0.435 e. The van der Waals surface area contributed by atoms with Crippen LogP contribution in [-0.4, -0.2) is 31.5 Å². The molecule has 136 valence electrons. The van der Waals surface area contributed by atoms with Crippen LogP contribution in [0.15, 0.2) is 41.8 Å². The number of thiophene rings is 1. The number of amides is 2. The lowest BCUT2D eigenvalue weighted by atomic mass is 10.1. The van der Waals surface area contributed by atoms with Crippen LogP contribution in [0.3, 0.4) is 0 Å². The highest BCUT2D eigenvalue weighted by Crippen LogP contribution is 2.16. The first-order valence-electron chi connectivity index (χ1n) is 7.79. The van der Waals surface area contributed by atoms with Gasteiger partial charge >= 0.3 is 12.6 Å². The quantitative estimate of drug-likeness (QED) is 0.604. The number of nitrogens with one attached hydrogen (secondary N) is 2. The van der Waals surface area contributed by atoms with Gasteiger partial charge in [-0.25, -0.2) is 4.79 Å². The van der Waals surface area contributed by atoms with Crippen LogP contribution in [0.25, 0.3) is 0 Å². The Balaban J connectivity index is 1.52. The summed E-state index contributed by atoms with van der Waals surface area (Å²) in [6.07, 6.45) is 0.621. The van der Waals surface area contributed by atoms with Crippen molar-refractivity contribution in [3.05, 3.63) is 52.2 Å². The molecule has 2 aromatic rings.